The molecule has 3 nitrogen and oxygen atoms in total. The number of rotatable bonds is 4. The molecule has 0 saturated heterocycles. The Hall–Kier alpha value is -1.82. The van der Waals surface area contributed by atoms with Crippen molar-refractivity contribution in [3.8, 4) is 6.07 Å². The lowest BCUT2D eigenvalue weighted by molar-refractivity contribution is 0.0951. The minimum absolute atomic E-state index is 0.121. The van der Waals surface area contributed by atoms with Gasteiger partial charge >= 0.3 is 0 Å². The topological polar surface area (TPSA) is 52.9 Å². The zero-order chi connectivity index (χ0) is 12.0. The van der Waals surface area contributed by atoms with Crippen molar-refractivity contribution in [3.05, 3.63) is 35.4 Å². The maximum atomic E-state index is 11.6. The summed E-state index contributed by atoms with van der Waals surface area (Å²) in [5.74, 6) is -0.274. The van der Waals surface area contributed by atoms with Gasteiger partial charge in [-0.2, -0.15) is 5.26 Å². The van der Waals surface area contributed by atoms with E-state index in [1.807, 2.05) is 24.3 Å². The number of amides is 1. The van der Waals surface area contributed by atoms with Crippen molar-refractivity contribution in [2.24, 2.45) is 5.92 Å². The van der Waals surface area contributed by atoms with Gasteiger partial charge in [0.25, 0.3) is 5.91 Å². The normalized spacial score (nSPS) is 11.6. The Labute approximate surface area is 96.1 Å². The minimum atomic E-state index is -0.154. The SMILES string of the molecule is CCc1ccc(C(=O)NCC(C)C#N)cc1. The molecule has 1 atom stereocenters. The number of nitrogens with one attached hydrogen (secondary N) is 1. The quantitative estimate of drug-likeness (QED) is 0.838. The van der Waals surface area contributed by atoms with Gasteiger partial charge in [-0.05, 0) is 31.0 Å². The molecule has 0 heterocycles. The molecule has 0 saturated carbocycles. The van der Waals surface area contributed by atoms with Crippen molar-refractivity contribution < 1.29 is 4.79 Å². The van der Waals surface area contributed by atoms with Crippen LogP contribution in [0.25, 0.3) is 0 Å². The molecule has 1 rings (SSSR count). The van der Waals surface area contributed by atoms with E-state index in [1.54, 1.807) is 6.92 Å². The number of carbonyl (C=O) groups is 1. The van der Waals surface area contributed by atoms with Crippen LogP contribution in [0, 0.1) is 17.2 Å². The molecule has 0 bridgehead atoms. The van der Waals surface area contributed by atoms with Crippen LogP contribution in [0.1, 0.15) is 29.8 Å². The standard InChI is InChI=1S/C13H16N2O/c1-3-11-4-6-12(7-5-11)13(16)15-9-10(2)8-14/h4-7,10H,3,9H2,1-2H3,(H,15,16). The van der Waals surface area contributed by atoms with Gasteiger partial charge in [0.2, 0.25) is 0 Å². The summed E-state index contributed by atoms with van der Waals surface area (Å²) in [7, 11) is 0. The molecule has 1 aromatic rings. The van der Waals surface area contributed by atoms with Gasteiger partial charge in [-0.3, -0.25) is 4.79 Å². The molecule has 0 radical (unpaired) electrons. The number of hydrogen-bond donors (Lipinski definition) is 1. The number of carbonyl (C=O) groups excluding carboxylic acids is 1. The second-order valence-electron chi connectivity index (χ2n) is 3.79. The second-order valence-corrected chi connectivity index (χ2v) is 3.79. The van der Waals surface area contributed by atoms with Crippen molar-refractivity contribution in [3.63, 3.8) is 0 Å². The molecule has 3 heteroatoms. The molecule has 1 unspecified atom stereocenters. The third kappa shape index (κ3) is 3.39. The van der Waals surface area contributed by atoms with E-state index in [4.69, 9.17) is 5.26 Å². The van der Waals surface area contributed by atoms with Crippen LogP contribution in [0.15, 0.2) is 24.3 Å². The first-order valence-electron chi connectivity index (χ1n) is 5.44. The number of nitrogens with zero attached hydrogens (tertiary/aromatic N) is 1. The van der Waals surface area contributed by atoms with Crippen molar-refractivity contribution in [2.45, 2.75) is 20.3 Å². The van der Waals surface area contributed by atoms with Gasteiger partial charge in [0, 0.05) is 12.1 Å². The fourth-order valence-corrected chi connectivity index (χ4v) is 1.29. The Morgan fingerprint density at radius 3 is 2.56 bits per heavy atom. The van der Waals surface area contributed by atoms with E-state index in [-0.39, 0.29) is 11.8 Å². The summed E-state index contributed by atoms with van der Waals surface area (Å²) in [5.41, 5.74) is 1.85. The van der Waals surface area contributed by atoms with Gasteiger partial charge in [0.15, 0.2) is 0 Å². The molecule has 16 heavy (non-hydrogen) atoms. The molecule has 0 fully saturated rings. The molecule has 0 aliphatic rings. The highest BCUT2D eigenvalue weighted by atomic mass is 16.1. The molecule has 1 amide bonds. The van der Waals surface area contributed by atoms with E-state index >= 15 is 0 Å². The first-order valence-corrected chi connectivity index (χ1v) is 5.44. The molecular formula is C13H16N2O. The summed E-state index contributed by atoms with van der Waals surface area (Å²) in [4.78, 5) is 11.6. The second kappa shape index (κ2) is 5.92. The maximum Gasteiger partial charge on any atom is 0.251 e. The number of hydrogen-bond acceptors (Lipinski definition) is 2. The molecule has 0 aliphatic carbocycles. The van der Waals surface area contributed by atoms with Crippen molar-refractivity contribution in [1.82, 2.24) is 5.32 Å². The van der Waals surface area contributed by atoms with Gasteiger partial charge in [-0.15, -0.1) is 0 Å². The van der Waals surface area contributed by atoms with Crippen molar-refractivity contribution in [1.29, 1.82) is 5.26 Å². The van der Waals surface area contributed by atoms with Gasteiger partial charge in [-0.25, -0.2) is 0 Å². The van der Waals surface area contributed by atoms with Crippen LogP contribution in [-0.4, -0.2) is 12.5 Å². The number of benzene rings is 1. The summed E-state index contributed by atoms with van der Waals surface area (Å²) in [6.07, 6.45) is 0.966. The first-order chi connectivity index (χ1) is 7.67. The van der Waals surface area contributed by atoms with Gasteiger partial charge in [0.05, 0.1) is 12.0 Å². The lowest BCUT2D eigenvalue weighted by Gasteiger charge is -2.06. The van der Waals surface area contributed by atoms with E-state index in [0.717, 1.165) is 6.42 Å². The van der Waals surface area contributed by atoms with Crippen LogP contribution in [-0.2, 0) is 6.42 Å². The lowest BCUT2D eigenvalue weighted by Crippen LogP contribution is -2.27. The Morgan fingerprint density at radius 1 is 1.44 bits per heavy atom. The van der Waals surface area contributed by atoms with E-state index in [1.165, 1.54) is 5.56 Å². The van der Waals surface area contributed by atoms with E-state index in [0.29, 0.717) is 12.1 Å². The fourth-order valence-electron chi connectivity index (χ4n) is 1.29. The van der Waals surface area contributed by atoms with E-state index in [9.17, 15) is 4.79 Å². The zero-order valence-corrected chi connectivity index (χ0v) is 9.66. The summed E-state index contributed by atoms with van der Waals surface area (Å²) in [5, 5.41) is 11.3. The molecule has 0 aliphatic heterocycles. The highest BCUT2D eigenvalue weighted by Crippen LogP contribution is 2.05. The van der Waals surface area contributed by atoms with Crippen LogP contribution in [0.3, 0.4) is 0 Å². The monoisotopic (exact) mass is 216 g/mol. The third-order valence-corrected chi connectivity index (χ3v) is 2.41. The number of aryl methyl sites for hydroxylation is 1. The lowest BCUT2D eigenvalue weighted by atomic mass is 10.1. The Bertz CT molecular complexity index is 389. The highest BCUT2D eigenvalue weighted by Gasteiger charge is 2.06. The summed E-state index contributed by atoms with van der Waals surface area (Å²) < 4.78 is 0. The van der Waals surface area contributed by atoms with Gasteiger partial charge in [-0.1, -0.05) is 19.1 Å². The Balaban J connectivity index is 2.56. The molecule has 84 valence electrons. The third-order valence-electron chi connectivity index (χ3n) is 2.41. The molecular weight excluding hydrogens is 200 g/mol. The van der Waals surface area contributed by atoms with E-state index in [2.05, 4.69) is 18.3 Å². The molecule has 0 spiro atoms. The fraction of sp³-hybridized carbons (Fsp3) is 0.385. The predicted octanol–water partition coefficient (Wildman–Crippen LogP) is 2.14. The molecule has 1 aromatic carbocycles. The average molecular weight is 216 g/mol. The van der Waals surface area contributed by atoms with E-state index < -0.39 is 0 Å². The summed E-state index contributed by atoms with van der Waals surface area (Å²) in [6, 6.07) is 9.59. The van der Waals surface area contributed by atoms with Crippen LogP contribution in [0.4, 0.5) is 0 Å². The van der Waals surface area contributed by atoms with Gasteiger partial charge in [0.1, 0.15) is 0 Å². The molecule has 1 N–H and O–H groups in total. The number of nitriles is 1. The summed E-state index contributed by atoms with van der Waals surface area (Å²) in [6.45, 7) is 4.25. The molecule has 0 aromatic heterocycles. The summed E-state index contributed by atoms with van der Waals surface area (Å²) >= 11 is 0. The zero-order valence-electron chi connectivity index (χ0n) is 9.66. The Morgan fingerprint density at radius 2 is 2.06 bits per heavy atom. The smallest absolute Gasteiger partial charge is 0.251 e. The largest absolute Gasteiger partial charge is 0.351 e. The predicted molar refractivity (Wildman–Crippen MR) is 62.9 cm³/mol. The van der Waals surface area contributed by atoms with Crippen molar-refractivity contribution in [2.75, 3.05) is 6.54 Å². The van der Waals surface area contributed by atoms with Crippen LogP contribution >= 0.6 is 0 Å². The van der Waals surface area contributed by atoms with Crippen LogP contribution in [0.5, 0.6) is 0 Å². The highest BCUT2D eigenvalue weighted by molar-refractivity contribution is 5.94. The minimum Gasteiger partial charge on any atom is -0.351 e. The van der Waals surface area contributed by atoms with Crippen LogP contribution in [0.2, 0.25) is 0 Å². The van der Waals surface area contributed by atoms with Gasteiger partial charge < -0.3 is 5.32 Å². The Kier molecular flexibility index (Phi) is 4.53. The average Bonchev–Trinajstić information content (AvgIpc) is 2.35. The van der Waals surface area contributed by atoms with Crippen LogP contribution < -0.4 is 5.32 Å². The maximum absolute atomic E-state index is 11.6. The first kappa shape index (κ1) is 12.3. The van der Waals surface area contributed by atoms with Crippen molar-refractivity contribution >= 4 is 5.91 Å².